The highest BCUT2D eigenvalue weighted by molar-refractivity contribution is 9.10. The molecule has 1 aromatic carbocycles. The van der Waals surface area contributed by atoms with Crippen LogP contribution in [0, 0.1) is 6.92 Å². The van der Waals surface area contributed by atoms with Gasteiger partial charge in [-0.2, -0.15) is 0 Å². The smallest absolute Gasteiger partial charge is 0.138 e. The molecule has 0 bridgehead atoms. The number of hydrogen-bond acceptors (Lipinski definition) is 2. The zero-order chi connectivity index (χ0) is 10.3. The van der Waals surface area contributed by atoms with Crippen LogP contribution < -0.4 is 5.73 Å². The Labute approximate surface area is 91.2 Å². The Hall–Kier alpha value is -0.800. The molecule has 0 aliphatic heterocycles. The molecule has 0 radical (unpaired) electrons. The highest BCUT2D eigenvalue weighted by atomic mass is 79.9. The second kappa shape index (κ2) is 3.41. The van der Waals surface area contributed by atoms with Crippen molar-refractivity contribution in [2.45, 2.75) is 19.9 Å². The van der Waals surface area contributed by atoms with Crippen molar-refractivity contribution in [3.8, 4) is 0 Å². The average Bonchev–Trinajstić information content (AvgIpc) is 2.57. The van der Waals surface area contributed by atoms with Gasteiger partial charge in [0.1, 0.15) is 11.3 Å². The number of aryl methyl sites for hydroxylation is 1. The molecule has 1 aromatic heterocycles. The van der Waals surface area contributed by atoms with Crippen LogP contribution in [0.4, 0.5) is 0 Å². The summed E-state index contributed by atoms with van der Waals surface area (Å²) in [6, 6.07) is 5.99. The topological polar surface area (TPSA) is 39.2 Å². The first-order valence-corrected chi connectivity index (χ1v) is 5.33. The zero-order valence-corrected chi connectivity index (χ0v) is 9.76. The molecule has 2 nitrogen and oxygen atoms in total. The van der Waals surface area contributed by atoms with E-state index < -0.39 is 0 Å². The van der Waals surface area contributed by atoms with Crippen molar-refractivity contribution >= 4 is 26.9 Å². The summed E-state index contributed by atoms with van der Waals surface area (Å²) < 4.78 is 6.74. The van der Waals surface area contributed by atoms with Crippen LogP contribution in [-0.2, 0) is 0 Å². The molecule has 0 saturated heterocycles. The molecule has 1 unspecified atom stereocenters. The van der Waals surface area contributed by atoms with Crippen molar-refractivity contribution in [2.75, 3.05) is 0 Å². The van der Waals surface area contributed by atoms with Crippen molar-refractivity contribution in [3.05, 3.63) is 34.0 Å². The Morgan fingerprint density at radius 1 is 1.43 bits per heavy atom. The molecule has 1 atom stereocenters. The summed E-state index contributed by atoms with van der Waals surface area (Å²) in [5, 5.41) is 1.09. The van der Waals surface area contributed by atoms with E-state index >= 15 is 0 Å². The van der Waals surface area contributed by atoms with Crippen molar-refractivity contribution in [1.29, 1.82) is 0 Å². The van der Waals surface area contributed by atoms with Gasteiger partial charge in [-0.25, -0.2) is 0 Å². The van der Waals surface area contributed by atoms with E-state index in [1.165, 1.54) is 0 Å². The molecule has 0 spiro atoms. The Morgan fingerprint density at radius 2 is 2.14 bits per heavy atom. The maximum absolute atomic E-state index is 5.77. The molecule has 0 fully saturated rings. The van der Waals surface area contributed by atoms with Crippen LogP contribution in [0.2, 0.25) is 0 Å². The molecule has 1 heterocycles. The quantitative estimate of drug-likeness (QED) is 0.845. The lowest BCUT2D eigenvalue weighted by Gasteiger charge is -1.97. The van der Waals surface area contributed by atoms with Crippen molar-refractivity contribution in [1.82, 2.24) is 0 Å². The van der Waals surface area contributed by atoms with E-state index in [1.54, 1.807) is 0 Å². The molecule has 3 heteroatoms. The van der Waals surface area contributed by atoms with Gasteiger partial charge in [-0.3, -0.25) is 0 Å². The molecule has 0 aliphatic carbocycles. The Bertz CT molecular complexity index is 434. The van der Waals surface area contributed by atoms with Gasteiger partial charge in [-0.15, -0.1) is 0 Å². The van der Waals surface area contributed by atoms with E-state index in [9.17, 15) is 0 Å². The van der Waals surface area contributed by atoms with Crippen LogP contribution in [0.15, 0.2) is 27.1 Å². The molecule has 2 aromatic rings. The van der Waals surface area contributed by atoms with E-state index in [-0.39, 0.29) is 6.04 Å². The van der Waals surface area contributed by atoms with Crippen LogP contribution in [0.5, 0.6) is 0 Å². The van der Waals surface area contributed by atoms with Gasteiger partial charge in [0.15, 0.2) is 0 Å². The van der Waals surface area contributed by atoms with E-state index in [2.05, 4.69) is 15.9 Å². The summed E-state index contributed by atoms with van der Waals surface area (Å²) in [6.45, 7) is 3.95. The molecular formula is C11H12BrNO. The monoisotopic (exact) mass is 253 g/mol. The lowest BCUT2D eigenvalue weighted by atomic mass is 10.1. The normalized spacial score (nSPS) is 13.4. The second-order valence-corrected chi connectivity index (χ2v) is 4.40. The number of rotatable bonds is 1. The van der Waals surface area contributed by atoms with Crippen molar-refractivity contribution < 1.29 is 4.42 Å². The fourth-order valence-corrected chi connectivity index (χ4v) is 1.90. The van der Waals surface area contributed by atoms with Gasteiger partial charge in [0.25, 0.3) is 0 Å². The molecule has 0 saturated carbocycles. The molecular weight excluding hydrogens is 242 g/mol. The number of nitrogens with two attached hydrogens (primary N) is 1. The largest absolute Gasteiger partial charge is 0.459 e. The Morgan fingerprint density at radius 3 is 2.71 bits per heavy atom. The highest BCUT2D eigenvalue weighted by Gasteiger charge is 2.11. The number of benzene rings is 1. The summed E-state index contributed by atoms with van der Waals surface area (Å²) in [5.74, 6) is 0.829. The minimum absolute atomic E-state index is 0.0614. The minimum Gasteiger partial charge on any atom is -0.459 e. The van der Waals surface area contributed by atoms with Crippen LogP contribution >= 0.6 is 15.9 Å². The maximum Gasteiger partial charge on any atom is 0.138 e. The number of furan rings is 1. The average molecular weight is 254 g/mol. The standard InChI is InChI=1S/C11H12BrNO/c1-6-3-4-9(12)8-5-10(7(2)13)14-11(6)8/h3-5,7H,13H2,1-2H3. The predicted octanol–water partition coefficient (Wildman–Crippen LogP) is 3.52. The summed E-state index contributed by atoms with van der Waals surface area (Å²) in [5.41, 5.74) is 7.83. The predicted molar refractivity (Wildman–Crippen MR) is 61.3 cm³/mol. The van der Waals surface area contributed by atoms with E-state index in [1.807, 2.05) is 32.0 Å². The van der Waals surface area contributed by atoms with Gasteiger partial charge < -0.3 is 10.2 Å². The van der Waals surface area contributed by atoms with Crippen LogP contribution in [0.25, 0.3) is 11.0 Å². The number of halogens is 1. The maximum atomic E-state index is 5.77. The molecule has 2 N–H and O–H groups in total. The van der Waals surface area contributed by atoms with Crippen LogP contribution in [0.3, 0.4) is 0 Å². The van der Waals surface area contributed by atoms with Gasteiger partial charge in [0, 0.05) is 9.86 Å². The van der Waals surface area contributed by atoms with Gasteiger partial charge in [-0.1, -0.05) is 22.0 Å². The first-order chi connectivity index (χ1) is 6.59. The minimum atomic E-state index is -0.0614. The lowest BCUT2D eigenvalue weighted by Crippen LogP contribution is -2.02. The summed E-state index contributed by atoms with van der Waals surface area (Å²) in [6.07, 6.45) is 0. The van der Waals surface area contributed by atoms with Gasteiger partial charge >= 0.3 is 0 Å². The van der Waals surface area contributed by atoms with Crippen LogP contribution in [0.1, 0.15) is 24.3 Å². The van der Waals surface area contributed by atoms with Crippen molar-refractivity contribution in [3.63, 3.8) is 0 Å². The Balaban J connectivity index is 2.75. The Kier molecular flexibility index (Phi) is 2.37. The molecule has 0 amide bonds. The zero-order valence-electron chi connectivity index (χ0n) is 8.17. The van der Waals surface area contributed by atoms with E-state index in [0.29, 0.717) is 0 Å². The summed E-state index contributed by atoms with van der Waals surface area (Å²) >= 11 is 3.49. The SMILES string of the molecule is Cc1ccc(Br)c2cc(C(C)N)oc12. The van der Waals surface area contributed by atoms with Crippen molar-refractivity contribution in [2.24, 2.45) is 5.73 Å². The van der Waals surface area contributed by atoms with Crippen LogP contribution in [-0.4, -0.2) is 0 Å². The number of hydrogen-bond donors (Lipinski definition) is 1. The molecule has 74 valence electrons. The first-order valence-electron chi connectivity index (χ1n) is 4.53. The molecule has 14 heavy (non-hydrogen) atoms. The lowest BCUT2D eigenvalue weighted by molar-refractivity contribution is 0.511. The molecule has 0 aliphatic rings. The van der Waals surface area contributed by atoms with Gasteiger partial charge in [0.05, 0.1) is 6.04 Å². The first kappa shape index (κ1) is 9.74. The molecule has 2 rings (SSSR count). The van der Waals surface area contributed by atoms with Gasteiger partial charge in [0.2, 0.25) is 0 Å². The number of fused-ring (bicyclic) bond motifs is 1. The fraction of sp³-hybridized carbons (Fsp3) is 0.273. The summed E-state index contributed by atoms with van der Waals surface area (Å²) in [7, 11) is 0. The fourth-order valence-electron chi connectivity index (χ4n) is 1.47. The van der Waals surface area contributed by atoms with E-state index in [0.717, 1.165) is 26.8 Å². The third-order valence-corrected chi connectivity index (χ3v) is 2.99. The summed E-state index contributed by atoms with van der Waals surface area (Å²) in [4.78, 5) is 0. The van der Waals surface area contributed by atoms with E-state index in [4.69, 9.17) is 10.2 Å². The third-order valence-electron chi connectivity index (χ3n) is 2.30. The highest BCUT2D eigenvalue weighted by Crippen LogP contribution is 2.31. The third kappa shape index (κ3) is 1.47. The second-order valence-electron chi connectivity index (χ2n) is 3.54. The van der Waals surface area contributed by atoms with Gasteiger partial charge in [-0.05, 0) is 31.5 Å².